The summed E-state index contributed by atoms with van der Waals surface area (Å²) in [4.78, 5) is 24.2. The van der Waals surface area contributed by atoms with Crippen molar-refractivity contribution in [3.63, 3.8) is 0 Å². The second kappa shape index (κ2) is 7.33. The molecule has 0 saturated heterocycles. The summed E-state index contributed by atoms with van der Waals surface area (Å²) in [5.74, 6) is -0.335. The van der Waals surface area contributed by atoms with Crippen LogP contribution in [0.2, 0.25) is 0 Å². The van der Waals surface area contributed by atoms with Crippen LogP contribution in [-0.4, -0.2) is 17.5 Å². The molecule has 0 spiro atoms. The Balaban J connectivity index is 1.64. The van der Waals surface area contributed by atoms with E-state index in [0.717, 1.165) is 17.7 Å². The summed E-state index contributed by atoms with van der Waals surface area (Å²) in [6.07, 6.45) is -2.76. The van der Waals surface area contributed by atoms with Crippen molar-refractivity contribution < 1.29 is 27.5 Å². The highest BCUT2D eigenvalue weighted by atomic mass is 19.4. The molecule has 6 nitrogen and oxygen atoms in total. The molecule has 2 aliphatic heterocycles. The molecule has 0 saturated carbocycles. The highest BCUT2D eigenvalue weighted by Gasteiger charge is 2.35. The number of carbonyl (C=O) groups excluding carboxylic acids is 2. The van der Waals surface area contributed by atoms with E-state index in [1.807, 2.05) is 0 Å². The average Bonchev–Trinajstić information content (AvgIpc) is 2.65. The molecular weight excluding hydrogens is 411 g/mol. The molecule has 4 rings (SSSR count). The maximum Gasteiger partial charge on any atom is 0.416 e. The minimum Gasteiger partial charge on any atom is -0.487 e. The molecule has 9 heteroatoms. The van der Waals surface area contributed by atoms with Crippen molar-refractivity contribution in [3.05, 3.63) is 59.2 Å². The van der Waals surface area contributed by atoms with Crippen molar-refractivity contribution in [2.24, 2.45) is 0 Å². The van der Waals surface area contributed by atoms with Gasteiger partial charge < -0.3 is 20.7 Å². The van der Waals surface area contributed by atoms with E-state index in [4.69, 9.17) is 4.74 Å². The minimum absolute atomic E-state index is 0.0918. The number of hydrogen-bond acceptors (Lipinski definition) is 3. The van der Waals surface area contributed by atoms with Crippen LogP contribution in [0.3, 0.4) is 0 Å². The molecule has 31 heavy (non-hydrogen) atoms. The molecule has 2 aromatic carbocycles. The first kappa shape index (κ1) is 20.8. The smallest absolute Gasteiger partial charge is 0.416 e. The normalized spacial score (nSPS) is 18.2. The maximum absolute atomic E-state index is 13.1. The van der Waals surface area contributed by atoms with Gasteiger partial charge in [0.1, 0.15) is 11.4 Å². The summed E-state index contributed by atoms with van der Waals surface area (Å²) in [5, 5.41) is 8.12. The highest BCUT2D eigenvalue weighted by Crippen LogP contribution is 2.43. The molecular formula is C22H20F3N3O3. The summed E-state index contributed by atoms with van der Waals surface area (Å²) in [7, 11) is 0. The summed E-state index contributed by atoms with van der Waals surface area (Å²) in [6.45, 7) is 3.77. The standard InChI is InChI=1S/C22H20F3N3O3/c1-21(2)10-12(14-7-6-13(22(23,24)25)9-18(14)31-21)8-19(29)27-16-4-3-5-17-15(16)11-26-20(30)28-17/h3-9H,10-11H2,1-2H3,(H,27,29)(H2,26,28,30)/b12-8+. The molecule has 0 fully saturated rings. The van der Waals surface area contributed by atoms with Crippen molar-refractivity contribution in [3.8, 4) is 5.75 Å². The zero-order valence-electron chi connectivity index (χ0n) is 16.8. The number of hydrogen-bond donors (Lipinski definition) is 3. The SMILES string of the molecule is CC1(C)C/C(=C\C(=O)Nc2cccc3c2CNC(=O)N3)c2ccc(C(F)(F)F)cc2O1. The lowest BCUT2D eigenvalue weighted by molar-refractivity contribution is -0.137. The molecule has 0 aromatic heterocycles. The number of ether oxygens (including phenoxy) is 1. The summed E-state index contributed by atoms with van der Waals surface area (Å²) in [6, 6.07) is 8.11. The molecule has 0 unspecified atom stereocenters. The van der Waals surface area contributed by atoms with Gasteiger partial charge >= 0.3 is 12.2 Å². The van der Waals surface area contributed by atoms with Crippen molar-refractivity contribution >= 4 is 28.9 Å². The lowest BCUT2D eigenvalue weighted by atomic mass is 9.88. The Kier molecular flexibility index (Phi) is 4.91. The van der Waals surface area contributed by atoms with Crippen LogP contribution in [0, 0.1) is 0 Å². The van der Waals surface area contributed by atoms with Gasteiger partial charge in [0.05, 0.1) is 5.56 Å². The van der Waals surface area contributed by atoms with E-state index >= 15 is 0 Å². The number of carbonyl (C=O) groups is 2. The number of amides is 3. The van der Waals surface area contributed by atoms with Crippen molar-refractivity contribution in [1.82, 2.24) is 5.32 Å². The topological polar surface area (TPSA) is 79.5 Å². The summed E-state index contributed by atoms with van der Waals surface area (Å²) < 4.78 is 45.0. The molecule has 3 N–H and O–H groups in total. The van der Waals surface area contributed by atoms with Gasteiger partial charge in [-0.25, -0.2) is 4.79 Å². The second-order valence-corrected chi connectivity index (χ2v) is 8.05. The van der Waals surface area contributed by atoms with Gasteiger partial charge in [0.2, 0.25) is 5.91 Å². The van der Waals surface area contributed by atoms with Crippen molar-refractivity contribution in [2.45, 2.75) is 38.6 Å². The number of halogens is 3. The first-order chi connectivity index (χ1) is 14.5. The van der Waals surface area contributed by atoms with Gasteiger partial charge in [-0.1, -0.05) is 12.1 Å². The van der Waals surface area contributed by atoms with Gasteiger partial charge in [-0.05, 0) is 43.7 Å². The van der Waals surface area contributed by atoms with Crippen LogP contribution in [0.1, 0.15) is 37.0 Å². The van der Waals surface area contributed by atoms with Gasteiger partial charge in [-0.15, -0.1) is 0 Å². The van der Waals surface area contributed by atoms with Gasteiger partial charge in [0.15, 0.2) is 0 Å². The maximum atomic E-state index is 13.1. The highest BCUT2D eigenvalue weighted by molar-refractivity contribution is 6.06. The molecule has 0 aliphatic carbocycles. The van der Waals surface area contributed by atoms with Gasteiger partial charge in [-0.2, -0.15) is 13.2 Å². The van der Waals surface area contributed by atoms with E-state index in [2.05, 4.69) is 16.0 Å². The lowest BCUT2D eigenvalue weighted by Crippen LogP contribution is -2.34. The Morgan fingerprint density at radius 2 is 2.00 bits per heavy atom. The Labute approximate surface area is 176 Å². The van der Waals surface area contributed by atoms with Crippen molar-refractivity contribution in [1.29, 1.82) is 0 Å². The van der Waals surface area contributed by atoms with E-state index in [9.17, 15) is 22.8 Å². The first-order valence-corrected chi connectivity index (χ1v) is 9.61. The number of nitrogens with one attached hydrogen (secondary N) is 3. The number of alkyl halides is 3. The van der Waals surface area contributed by atoms with Crippen LogP contribution in [-0.2, 0) is 17.5 Å². The fourth-order valence-corrected chi connectivity index (χ4v) is 3.74. The van der Waals surface area contributed by atoms with Crippen molar-refractivity contribution in [2.75, 3.05) is 10.6 Å². The predicted octanol–water partition coefficient (Wildman–Crippen LogP) is 4.92. The molecule has 2 aromatic rings. The largest absolute Gasteiger partial charge is 0.487 e. The van der Waals surface area contributed by atoms with Crippen LogP contribution in [0.15, 0.2) is 42.5 Å². The zero-order valence-corrected chi connectivity index (χ0v) is 16.8. The van der Waals surface area contributed by atoms with Crippen LogP contribution in [0.4, 0.5) is 29.3 Å². The third-order valence-electron chi connectivity index (χ3n) is 5.07. The molecule has 0 atom stereocenters. The Bertz CT molecular complexity index is 1110. The quantitative estimate of drug-likeness (QED) is 0.591. The molecule has 162 valence electrons. The monoisotopic (exact) mass is 431 g/mol. The van der Waals surface area contributed by atoms with Gasteiger partial charge in [0.25, 0.3) is 0 Å². The summed E-state index contributed by atoms with van der Waals surface area (Å²) >= 11 is 0. The van der Waals surface area contributed by atoms with E-state index in [-0.39, 0.29) is 18.3 Å². The number of fused-ring (bicyclic) bond motifs is 2. The minimum atomic E-state index is -4.49. The van der Waals surface area contributed by atoms with Crippen LogP contribution < -0.4 is 20.7 Å². The first-order valence-electron chi connectivity index (χ1n) is 9.61. The predicted molar refractivity (Wildman–Crippen MR) is 110 cm³/mol. The number of urea groups is 1. The number of rotatable bonds is 2. The Hall–Kier alpha value is -3.49. The Morgan fingerprint density at radius 1 is 1.23 bits per heavy atom. The van der Waals surface area contributed by atoms with Crippen LogP contribution >= 0.6 is 0 Å². The fourth-order valence-electron chi connectivity index (χ4n) is 3.74. The number of benzene rings is 2. The van der Waals surface area contributed by atoms with E-state index < -0.39 is 23.2 Å². The zero-order chi connectivity index (χ0) is 22.4. The second-order valence-electron chi connectivity index (χ2n) is 8.05. The third-order valence-corrected chi connectivity index (χ3v) is 5.07. The van der Waals surface area contributed by atoms with Crippen LogP contribution in [0.5, 0.6) is 5.75 Å². The molecule has 0 radical (unpaired) electrons. The summed E-state index contributed by atoms with van der Waals surface area (Å²) in [5.41, 5.74) is 1.32. The third kappa shape index (κ3) is 4.35. The van der Waals surface area contributed by atoms with Gasteiger partial charge in [-0.3, -0.25) is 4.79 Å². The van der Waals surface area contributed by atoms with Crippen LogP contribution in [0.25, 0.3) is 5.57 Å². The molecule has 2 heterocycles. The Morgan fingerprint density at radius 3 is 2.74 bits per heavy atom. The molecule has 3 amide bonds. The molecule has 0 bridgehead atoms. The van der Waals surface area contributed by atoms with E-state index in [1.165, 1.54) is 12.1 Å². The lowest BCUT2D eigenvalue weighted by Gasteiger charge is -2.34. The van der Waals surface area contributed by atoms with E-state index in [0.29, 0.717) is 28.9 Å². The van der Waals surface area contributed by atoms with Gasteiger partial charge in [0, 0.05) is 41.5 Å². The molecule has 2 aliphatic rings. The van der Waals surface area contributed by atoms with E-state index in [1.54, 1.807) is 32.0 Å². The fraction of sp³-hybridized carbons (Fsp3) is 0.273. The average molecular weight is 431 g/mol. The number of anilines is 2.